The van der Waals surface area contributed by atoms with Crippen LogP contribution in [-0.4, -0.2) is 9.13 Å². The number of para-hydroxylation sites is 1. The Labute approximate surface area is 224 Å². The number of nitrogens with zero attached hydrogens (tertiary/aromatic N) is 2. The molecule has 0 N–H and O–H groups in total. The van der Waals surface area contributed by atoms with E-state index >= 15 is 0 Å². The Hall–Kier alpha value is -4.04. The Bertz CT molecular complexity index is 1760. The highest BCUT2D eigenvalue weighted by Gasteiger charge is 2.29. The standard InChI is InChI=1S/C36H32N2/c1-3-11-27(12-4-1)37-33-17-9-7-15-29(33)31-21-19-25(23-35(31)37)26-20-22-32-30-16-8-10-18-34(30)38(36(32)24-26)28-13-5-2-6-14-28/h1-7,9-11,13,15,17-23,26-28H,8,12,14,16,24H2. The molecule has 2 heteroatoms. The molecule has 0 spiro atoms. The van der Waals surface area contributed by atoms with Crippen molar-refractivity contribution in [3.63, 3.8) is 0 Å². The first-order valence-electron chi connectivity index (χ1n) is 14.2. The fourth-order valence-electron chi connectivity index (χ4n) is 7.22. The second-order valence-corrected chi connectivity index (χ2v) is 11.1. The summed E-state index contributed by atoms with van der Waals surface area (Å²) in [5.41, 5.74) is 10.1. The van der Waals surface area contributed by atoms with Crippen molar-refractivity contribution < 1.29 is 0 Å². The molecule has 4 aliphatic rings. The first kappa shape index (κ1) is 22.0. The van der Waals surface area contributed by atoms with Gasteiger partial charge in [0.15, 0.2) is 0 Å². The van der Waals surface area contributed by atoms with Gasteiger partial charge in [-0.25, -0.2) is 0 Å². The largest absolute Gasteiger partial charge is 0.337 e. The van der Waals surface area contributed by atoms with Crippen molar-refractivity contribution in [1.82, 2.24) is 9.13 Å². The molecular formula is C36H32N2. The molecule has 8 rings (SSSR count). The predicted octanol–water partition coefficient (Wildman–Crippen LogP) is 9.02. The van der Waals surface area contributed by atoms with Crippen molar-refractivity contribution in [3.05, 3.63) is 131 Å². The lowest BCUT2D eigenvalue weighted by Gasteiger charge is -2.25. The summed E-state index contributed by atoms with van der Waals surface area (Å²) in [4.78, 5) is 0. The molecule has 0 amide bonds. The SMILES string of the molecule is C1=CCC(n2c3c(c4c2CC(c2ccc5c6ccccc6n(C6C=CC=CC6)c5c2)C=C4)CCC=C3)C=C1. The summed E-state index contributed by atoms with van der Waals surface area (Å²) >= 11 is 0. The molecule has 0 radical (unpaired) electrons. The zero-order valence-electron chi connectivity index (χ0n) is 21.6. The van der Waals surface area contributed by atoms with Crippen LogP contribution in [0.15, 0.2) is 103 Å². The molecule has 2 aromatic carbocycles. The van der Waals surface area contributed by atoms with E-state index in [1.165, 1.54) is 44.3 Å². The van der Waals surface area contributed by atoms with Gasteiger partial charge in [0.1, 0.15) is 0 Å². The molecular weight excluding hydrogens is 460 g/mol. The normalized spacial score (nSPS) is 23.4. The molecule has 0 saturated heterocycles. The van der Waals surface area contributed by atoms with Crippen LogP contribution in [0.1, 0.15) is 65.3 Å². The van der Waals surface area contributed by atoms with Crippen LogP contribution >= 0.6 is 0 Å². The first-order valence-corrected chi connectivity index (χ1v) is 14.2. The van der Waals surface area contributed by atoms with Gasteiger partial charge in [0.2, 0.25) is 0 Å². The van der Waals surface area contributed by atoms with Crippen LogP contribution in [0.3, 0.4) is 0 Å². The van der Waals surface area contributed by atoms with Crippen molar-refractivity contribution in [2.45, 2.75) is 50.1 Å². The molecule has 0 saturated carbocycles. The molecule has 2 nitrogen and oxygen atoms in total. The molecule has 4 aromatic rings. The quantitative estimate of drug-likeness (QED) is 0.270. The maximum Gasteiger partial charge on any atom is 0.0560 e. The Morgan fingerprint density at radius 3 is 2.29 bits per heavy atom. The van der Waals surface area contributed by atoms with Gasteiger partial charge in [-0.05, 0) is 67.0 Å². The average molecular weight is 493 g/mol. The predicted molar refractivity (Wildman–Crippen MR) is 161 cm³/mol. The summed E-state index contributed by atoms with van der Waals surface area (Å²) in [7, 11) is 0. The van der Waals surface area contributed by atoms with Crippen molar-refractivity contribution >= 4 is 34.0 Å². The molecule has 3 unspecified atom stereocenters. The molecule has 0 aliphatic heterocycles. The highest BCUT2D eigenvalue weighted by atomic mass is 15.0. The van der Waals surface area contributed by atoms with E-state index in [9.17, 15) is 0 Å². The van der Waals surface area contributed by atoms with Gasteiger partial charge in [-0.3, -0.25) is 0 Å². The van der Waals surface area contributed by atoms with Gasteiger partial charge in [-0.1, -0.05) is 97.2 Å². The van der Waals surface area contributed by atoms with E-state index in [2.05, 4.69) is 125 Å². The summed E-state index contributed by atoms with van der Waals surface area (Å²) in [6.07, 6.45) is 33.2. The topological polar surface area (TPSA) is 9.86 Å². The zero-order valence-corrected chi connectivity index (χ0v) is 21.6. The molecule has 38 heavy (non-hydrogen) atoms. The highest BCUT2D eigenvalue weighted by Crippen LogP contribution is 2.42. The van der Waals surface area contributed by atoms with E-state index in [0.29, 0.717) is 18.0 Å². The minimum absolute atomic E-state index is 0.355. The van der Waals surface area contributed by atoms with E-state index in [1.54, 1.807) is 5.56 Å². The molecule has 0 fully saturated rings. The van der Waals surface area contributed by atoms with Crippen LogP contribution in [0, 0.1) is 0 Å². The third kappa shape index (κ3) is 3.33. The minimum Gasteiger partial charge on any atom is -0.337 e. The fraction of sp³-hybridized carbons (Fsp3) is 0.222. The molecule has 4 aliphatic carbocycles. The van der Waals surface area contributed by atoms with Gasteiger partial charge in [0.05, 0.1) is 12.1 Å². The first-order chi connectivity index (χ1) is 18.9. The van der Waals surface area contributed by atoms with Gasteiger partial charge in [-0.2, -0.15) is 0 Å². The van der Waals surface area contributed by atoms with Gasteiger partial charge >= 0.3 is 0 Å². The Morgan fingerprint density at radius 2 is 1.47 bits per heavy atom. The second kappa shape index (κ2) is 8.77. The number of aromatic nitrogens is 2. The smallest absolute Gasteiger partial charge is 0.0560 e. The Balaban J connectivity index is 1.25. The Morgan fingerprint density at radius 1 is 0.684 bits per heavy atom. The number of allylic oxidation sites excluding steroid dienone is 10. The van der Waals surface area contributed by atoms with Crippen LogP contribution in [0.25, 0.3) is 34.0 Å². The maximum atomic E-state index is 2.66. The minimum atomic E-state index is 0.355. The van der Waals surface area contributed by atoms with E-state index in [0.717, 1.165) is 32.1 Å². The summed E-state index contributed by atoms with van der Waals surface area (Å²) in [6.45, 7) is 0. The van der Waals surface area contributed by atoms with E-state index in [-0.39, 0.29) is 0 Å². The third-order valence-electron chi connectivity index (χ3n) is 8.98. The lowest BCUT2D eigenvalue weighted by atomic mass is 9.86. The van der Waals surface area contributed by atoms with Crippen molar-refractivity contribution in [3.8, 4) is 0 Å². The van der Waals surface area contributed by atoms with Crippen molar-refractivity contribution in [2.75, 3.05) is 0 Å². The van der Waals surface area contributed by atoms with Crippen LogP contribution < -0.4 is 0 Å². The third-order valence-corrected chi connectivity index (χ3v) is 8.98. The lowest BCUT2D eigenvalue weighted by Crippen LogP contribution is -2.16. The van der Waals surface area contributed by atoms with E-state index < -0.39 is 0 Å². The van der Waals surface area contributed by atoms with Crippen molar-refractivity contribution in [1.29, 1.82) is 0 Å². The summed E-state index contributed by atoms with van der Waals surface area (Å²) in [6, 6.07) is 16.9. The van der Waals surface area contributed by atoms with Crippen molar-refractivity contribution in [2.24, 2.45) is 0 Å². The fourth-order valence-corrected chi connectivity index (χ4v) is 7.22. The zero-order chi connectivity index (χ0) is 25.1. The molecule has 2 aromatic heterocycles. The number of hydrogen-bond donors (Lipinski definition) is 0. The Kier molecular flexibility index (Phi) is 5.07. The number of hydrogen-bond acceptors (Lipinski definition) is 0. The monoisotopic (exact) mass is 492 g/mol. The number of benzene rings is 2. The summed E-state index contributed by atoms with van der Waals surface area (Å²) in [5.74, 6) is 0.377. The summed E-state index contributed by atoms with van der Waals surface area (Å²) in [5, 5.41) is 2.71. The van der Waals surface area contributed by atoms with Gasteiger partial charge in [-0.15, -0.1) is 0 Å². The number of rotatable bonds is 3. The average Bonchev–Trinajstić information content (AvgIpc) is 3.50. The van der Waals surface area contributed by atoms with Gasteiger partial charge in [0, 0.05) is 39.1 Å². The summed E-state index contributed by atoms with van der Waals surface area (Å²) < 4.78 is 5.23. The molecule has 186 valence electrons. The number of fused-ring (bicyclic) bond motifs is 6. The molecule has 0 bridgehead atoms. The van der Waals surface area contributed by atoms with E-state index in [4.69, 9.17) is 0 Å². The van der Waals surface area contributed by atoms with Crippen LogP contribution in [0.4, 0.5) is 0 Å². The van der Waals surface area contributed by atoms with E-state index in [1.807, 2.05) is 0 Å². The maximum absolute atomic E-state index is 2.66. The highest BCUT2D eigenvalue weighted by molar-refractivity contribution is 6.08. The lowest BCUT2D eigenvalue weighted by molar-refractivity contribution is 0.568. The van der Waals surface area contributed by atoms with Crippen LogP contribution in [-0.2, 0) is 12.8 Å². The van der Waals surface area contributed by atoms with Gasteiger partial charge < -0.3 is 9.13 Å². The second-order valence-electron chi connectivity index (χ2n) is 11.1. The molecule has 3 atom stereocenters. The van der Waals surface area contributed by atoms with Crippen LogP contribution in [0.5, 0.6) is 0 Å². The van der Waals surface area contributed by atoms with Crippen LogP contribution in [0.2, 0.25) is 0 Å². The van der Waals surface area contributed by atoms with Gasteiger partial charge in [0.25, 0.3) is 0 Å². The molecule has 2 heterocycles.